The summed E-state index contributed by atoms with van der Waals surface area (Å²) in [6.07, 6.45) is 0. The van der Waals surface area contributed by atoms with Gasteiger partial charge in [-0.25, -0.2) is 0 Å². The second kappa shape index (κ2) is 7.06. The Morgan fingerprint density at radius 2 is 1.72 bits per heavy atom. The van der Waals surface area contributed by atoms with Crippen molar-refractivity contribution >= 4 is 0 Å². The second-order valence-corrected chi connectivity index (χ2v) is 4.42. The van der Waals surface area contributed by atoms with Crippen molar-refractivity contribution in [1.29, 1.82) is 0 Å². The van der Waals surface area contributed by atoms with Gasteiger partial charge in [0, 0.05) is 5.75 Å². The first-order valence-corrected chi connectivity index (χ1v) is 5.82. The minimum Gasteiger partial charge on any atom is -0.547 e. The maximum absolute atomic E-state index is 5.74. The van der Waals surface area contributed by atoms with Crippen molar-refractivity contribution in [3.8, 4) is 5.75 Å². The molecule has 2 aromatic carbocycles. The number of aryl methyl sites for hydroxylation is 3. The van der Waals surface area contributed by atoms with E-state index in [-0.39, 0.29) is 32.7 Å². The topological polar surface area (TPSA) is 9.23 Å². The van der Waals surface area contributed by atoms with E-state index in [2.05, 4.69) is 57.2 Å². The predicted molar refractivity (Wildman–Crippen MR) is 70.3 cm³/mol. The van der Waals surface area contributed by atoms with E-state index in [1.165, 1.54) is 22.3 Å². The normalized spacial score (nSPS) is 9.72. The van der Waals surface area contributed by atoms with Crippen LogP contribution in [0.2, 0.25) is 0 Å². The van der Waals surface area contributed by atoms with E-state index in [0.717, 1.165) is 5.75 Å². The standard InChI is InChI=1S/C16H17O.Y/c1-12-4-7-15(8-5-12)11-17-16-9-6-13(2)14(3)10-16;/h4-5,7-10H,11H2,1-3H3;/q-1;+3. The maximum atomic E-state index is 5.74. The van der Waals surface area contributed by atoms with Crippen LogP contribution in [0, 0.1) is 26.8 Å². The average molecular weight is 314 g/mol. The molecule has 0 spiro atoms. The molecular weight excluding hydrogens is 297 g/mol. The quantitative estimate of drug-likeness (QED) is 0.779. The summed E-state index contributed by atoms with van der Waals surface area (Å²) >= 11 is 0. The van der Waals surface area contributed by atoms with Crippen LogP contribution in [0.15, 0.2) is 36.4 Å². The first-order chi connectivity index (χ1) is 8.15. The first kappa shape index (κ1) is 15.4. The van der Waals surface area contributed by atoms with E-state index in [1.54, 1.807) is 0 Å². The fourth-order valence-electron chi connectivity index (χ4n) is 1.59. The second-order valence-electron chi connectivity index (χ2n) is 4.42. The number of hydrogen-bond donors (Lipinski definition) is 0. The Kier molecular flexibility index (Phi) is 6.04. The molecule has 0 heterocycles. The summed E-state index contributed by atoms with van der Waals surface area (Å²) in [7, 11) is 0. The molecule has 0 atom stereocenters. The summed E-state index contributed by atoms with van der Waals surface area (Å²) in [5.41, 5.74) is 4.85. The molecule has 0 aromatic heterocycles. The molecule has 0 bridgehead atoms. The van der Waals surface area contributed by atoms with E-state index in [9.17, 15) is 0 Å². The molecule has 1 nitrogen and oxygen atoms in total. The minimum absolute atomic E-state index is 0. The summed E-state index contributed by atoms with van der Waals surface area (Å²) in [6.45, 7) is 6.82. The molecular formula is C16H17OY+2. The van der Waals surface area contributed by atoms with Crippen LogP contribution in [-0.2, 0) is 39.3 Å². The number of ether oxygens (including phenoxy) is 1. The molecule has 2 heteroatoms. The molecule has 0 amide bonds. The van der Waals surface area contributed by atoms with Crippen molar-refractivity contribution in [2.75, 3.05) is 0 Å². The van der Waals surface area contributed by atoms with E-state index in [0.29, 0.717) is 6.61 Å². The Bertz CT molecular complexity index is 503. The SMILES string of the molecule is Cc1ccc(COc2c[c-]c(C)c(C)c2)cc1.[Y+3]. The Balaban J connectivity index is 0.00000162. The van der Waals surface area contributed by atoms with Gasteiger partial charge in [0.05, 0.1) is 6.61 Å². The zero-order valence-electron chi connectivity index (χ0n) is 11.2. The van der Waals surface area contributed by atoms with Gasteiger partial charge in [0.2, 0.25) is 0 Å². The zero-order chi connectivity index (χ0) is 12.3. The zero-order valence-corrected chi connectivity index (χ0v) is 14.0. The molecule has 0 N–H and O–H groups in total. The van der Waals surface area contributed by atoms with Gasteiger partial charge in [-0.2, -0.15) is 17.2 Å². The molecule has 2 rings (SSSR count). The summed E-state index contributed by atoms with van der Waals surface area (Å²) in [5, 5.41) is 0. The van der Waals surface area contributed by atoms with Crippen LogP contribution < -0.4 is 4.74 Å². The average Bonchev–Trinajstić information content (AvgIpc) is 2.33. The maximum Gasteiger partial charge on any atom is 3.00 e. The van der Waals surface area contributed by atoms with E-state index in [4.69, 9.17) is 4.74 Å². The van der Waals surface area contributed by atoms with Crippen molar-refractivity contribution in [2.45, 2.75) is 27.4 Å². The number of rotatable bonds is 3. The van der Waals surface area contributed by atoms with Gasteiger partial charge in [0.25, 0.3) is 0 Å². The van der Waals surface area contributed by atoms with Gasteiger partial charge < -0.3 is 4.74 Å². The summed E-state index contributed by atoms with van der Waals surface area (Å²) in [5.74, 6) is 0.883. The van der Waals surface area contributed by atoms with Gasteiger partial charge in [-0.15, -0.1) is 12.1 Å². The van der Waals surface area contributed by atoms with Crippen molar-refractivity contribution in [3.63, 3.8) is 0 Å². The van der Waals surface area contributed by atoms with Gasteiger partial charge in [-0.05, 0) is 12.5 Å². The van der Waals surface area contributed by atoms with Crippen molar-refractivity contribution in [3.05, 3.63) is 64.7 Å². The molecule has 0 unspecified atom stereocenters. The van der Waals surface area contributed by atoms with Gasteiger partial charge in [-0.1, -0.05) is 43.7 Å². The van der Waals surface area contributed by atoms with Gasteiger partial charge >= 0.3 is 32.7 Å². The molecule has 0 saturated heterocycles. The molecule has 88 valence electrons. The third-order valence-corrected chi connectivity index (χ3v) is 2.91. The third kappa shape index (κ3) is 4.22. The van der Waals surface area contributed by atoms with Crippen LogP contribution in [0.1, 0.15) is 22.3 Å². The van der Waals surface area contributed by atoms with Crippen LogP contribution >= 0.6 is 0 Å². The van der Waals surface area contributed by atoms with Crippen LogP contribution in [0.5, 0.6) is 5.75 Å². The summed E-state index contributed by atoms with van der Waals surface area (Å²) < 4.78 is 5.74. The van der Waals surface area contributed by atoms with Crippen molar-refractivity contribution in [2.24, 2.45) is 0 Å². The molecule has 0 radical (unpaired) electrons. The van der Waals surface area contributed by atoms with Crippen molar-refractivity contribution < 1.29 is 37.4 Å². The third-order valence-electron chi connectivity index (χ3n) is 2.91. The summed E-state index contributed by atoms with van der Waals surface area (Å²) in [4.78, 5) is 0. The largest absolute Gasteiger partial charge is 3.00 e. The molecule has 0 aliphatic carbocycles. The Morgan fingerprint density at radius 3 is 2.33 bits per heavy atom. The molecule has 0 aliphatic rings. The number of benzene rings is 2. The molecule has 0 saturated carbocycles. The summed E-state index contributed by atoms with van der Waals surface area (Å²) in [6, 6.07) is 15.5. The number of hydrogen-bond acceptors (Lipinski definition) is 1. The van der Waals surface area contributed by atoms with Gasteiger partial charge in [0.15, 0.2) is 0 Å². The first-order valence-electron chi connectivity index (χ1n) is 5.82. The smallest absolute Gasteiger partial charge is 0.547 e. The Hall–Kier alpha value is -0.656. The van der Waals surface area contributed by atoms with Gasteiger partial charge in [0.1, 0.15) is 0 Å². The Labute approximate surface area is 134 Å². The molecule has 2 aromatic rings. The predicted octanol–water partition coefficient (Wildman–Crippen LogP) is 3.99. The van der Waals surface area contributed by atoms with Crippen molar-refractivity contribution in [1.82, 2.24) is 0 Å². The van der Waals surface area contributed by atoms with Crippen LogP contribution in [0.3, 0.4) is 0 Å². The van der Waals surface area contributed by atoms with Gasteiger partial charge in [-0.3, -0.25) is 0 Å². The van der Waals surface area contributed by atoms with E-state index < -0.39 is 0 Å². The minimum atomic E-state index is 0. The monoisotopic (exact) mass is 314 g/mol. The fraction of sp³-hybridized carbons (Fsp3) is 0.250. The van der Waals surface area contributed by atoms with Crippen LogP contribution in [0.25, 0.3) is 0 Å². The van der Waals surface area contributed by atoms with Crippen LogP contribution in [0.4, 0.5) is 0 Å². The van der Waals surface area contributed by atoms with E-state index >= 15 is 0 Å². The Morgan fingerprint density at radius 1 is 1.06 bits per heavy atom. The van der Waals surface area contributed by atoms with Crippen LogP contribution in [-0.4, -0.2) is 0 Å². The molecule has 0 fully saturated rings. The fourth-order valence-corrected chi connectivity index (χ4v) is 1.59. The molecule has 0 aliphatic heterocycles. The van der Waals surface area contributed by atoms with E-state index in [1.807, 2.05) is 6.07 Å². The molecule has 18 heavy (non-hydrogen) atoms.